The fraction of sp³-hybridized carbons (Fsp3) is 0.261. The van der Waals surface area contributed by atoms with Gasteiger partial charge in [-0.15, -0.1) is 0 Å². The summed E-state index contributed by atoms with van der Waals surface area (Å²) >= 11 is 0. The number of allylic oxidation sites excluding steroid dienone is 4. The predicted octanol–water partition coefficient (Wildman–Crippen LogP) is 6.39. The fourth-order valence-electron chi connectivity index (χ4n) is 2.53. The van der Waals surface area contributed by atoms with E-state index in [-0.39, 0.29) is 5.82 Å². The summed E-state index contributed by atoms with van der Waals surface area (Å²) in [5.74, 6) is 0.278. The van der Waals surface area contributed by atoms with Gasteiger partial charge in [0, 0.05) is 28.8 Å². The molecule has 136 valence electrons. The fourth-order valence-corrected chi connectivity index (χ4v) is 2.53. The number of anilines is 1. The average Bonchev–Trinajstić information content (AvgIpc) is 2.66. The Hall–Kier alpha value is -2.68. The van der Waals surface area contributed by atoms with E-state index in [0.717, 1.165) is 35.5 Å². The zero-order valence-corrected chi connectivity index (χ0v) is 15.8. The second-order valence-corrected chi connectivity index (χ2v) is 6.52. The van der Waals surface area contributed by atoms with Crippen LogP contribution in [0, 0.1) is 11.7 Å². The number of hydrogen-bond acceptors (Lipinski definition) is 2. The van der Waals surface area contributed by atoms with Crippen molar-refractivity contribution in [2.45, 2.75) is 33.6 Å². The molecule has 1 aromatic carbocycles. The molecule has 0 aliphatic carbocycles. The van der Waals surface area contributed by atoms with Crippen LogP contribution in [0.2, 0.25) is 0 Å². The number of halogens is 1. The van der Waals surface area contributed by atoms with Crippen molar-refractivity contribution in [2.75, 3.05) is 5.32 Å². The third kappa shape index (κ3) is 5.99. The smallest absolute Gasteiger partial charge is 0.123 e. The van der Waals surface area contributed by atoms with E-state index in [9.17, 15) is 4.39 Å². The first-order chi connectivity index (χ1) is 12.5. The van der Waals surface area contributed by atoms with Gasteiger partial charge in [0.2, 0.25) is 0 Å². The van der Waals surface area contributed by atoms with Crippen LogP contribution < -0.4 is 5.32 Å². The monoisotopic (exact) mass is 350 g/mol. The lowest BCUT2D eigenvalue weighted by Crippen LogP contribution is -2.02. The Balaban J connectivity index is 1.91. The minimum absolute atomic E-state index is 0.253. The lowest BCUT2D eigenvalue weighted by Gasteiger charge is -2.12. The zero-order valence-electron chi connectivity index (χ0n) is 15.8. The van der Waals surface area contributed by atoms with E-state index in [0.29, 0.717) is 5.92 Å². The number of pyridine rings is 1. The Morgan fingerprint density at radius 3 is 2.58 bits per heavy atom. The molecule has 3 heteroatoms. The average molecular weight is 350 g/mol. The van der Waals surface area contributed by atoms with Gasteiger partial charge < -0.3 is 5.32 Å². The van der Waals surface area contributed by atoms with Crippen molar-refractivity contribution >= 4 is 11.4 Å². The highest BCUT2D eigenvalue weighted by Gasteiger charge is 2.06. The summed E-state index contributed by atoms with van der Waals surface area (Å²) in [5, 5.41) is 3.17. The summed E-state index contributed by atoms with van der Waals surface area (Å²) in [7, 11) is 0. The number of nitrogens with one attached hydrogen (secondary N) is 1. The third-order valence-electron chi connectivity index (χ3n) is 4.48. The van der Waals surface area contributed by atoms with Crippen molar-refractivity contribution in [2.24, 2.45) is 5.92 Å². The second kappa shape index (κ2) is 9.71. The summed E-state index contributed by atoms with van der Waals surface area (Å²) in [6, 6.07) is 10.3. The van der Waals surface area contributed by atoms with Crippen LogP contribution in [0.4, 0.5) is 10.1 Å². The van der Waals surface area contributed by atoms with E-state index in [4.69, 9.17) is 0 Å². The van der Waals surface area contributed by atoms with Crippen LogP contribution in [0.3, 0.4) is 0 Å². The molecular formula is C23H27FN2. The van der Waals surface area contributed by atoms with E-state index in [1.54, 1.807) is 12.1 Å². The molecule has 2 nitrogen and oxygen atoms in total. The molecule has 1 heterocycles. The van der Waals surface area contributed by atoms with Gasteiger partial charge in [0.15, 0.2) is 0 Å². The van der Waals surface area contributed by atoms with Crippen molar-refractivity contribution in [3.8, 4) is 0 Å². The van der Waals surface area contributed by atoms with Crippen molar-refractivity contribution < 1.29 is 4.39 Å². The standard InChI is InChI=1S/C23H27FN2/c1-5-6-7-17(2)18(3)8-12-22-13-9-20(16-25-22)19(4)26-23-14-10-21(24)11-15-23/h5-7,9-11,13-16,18,26H,4,8,12H2,1-3H3/b6-5-,17-7-. The van der Waals surface area contributed by atoms with Gasteiger partial charge in [-0.1, -0.05) is 37.3 Å². The molecule has 0 spiro atoms. The minimum atomic E-state index is -0.253. The maximum atomic E-state index is 13.0. The predicted molar refractivity (Wildman–Crippen MR) is 109 cm³/mol. The van der Waals surface area contributed by atoms with Crippen molar-refractivity contribution in [1.82, 2.24) is 4.98 Å². The number of nitrogens with zero attached hydrogens (tertiary/aromatic N) is 1. The first-order valence-electron chi connectivity index (χ1n) is 8.96. The molecule has 0 saturated carbocycles. The SMILES string of the molecule is C=C(Nc1ccc(F)cc1)c1ccc(CCC(C)/C(C)=C\C=C/C)nc1. The van der Waals surface area contributed by atoms with Crippen molar-refractivity contribution in [3.63, 3.8) is 0 Å². The van der Waals surface area contributed by atoms with Gasteiger partial charge >= 0.3 is 0 Å². The number of aryl methyl sites for hydroxylation is 1. The largest absolute Gasteiger partial charge is 0.355 e. The highest BCUT2D eigenvalue weighted by Crippen LogP contribution is 2.19. The molecule has 0 fully saturated rings. The Labute approximate surface area is 156 Å². The molecule has 2 rings (SSSR count). The van der Waals surface area contributed by atoms with Crippen LogP contribution in [-0.4, -0.2) is 4.98 Å². The number of rotatable bonds is 8. The van der Waals surface area contributed by atoms with Gasteiger partial charge in [0.25, 0.3) is 0 Å². The lowest BCUT2D eigenvalue weighted by atomic mass is 9.96. The van der Waals surface area contributed by atoms with Crippen LogP contribution in [0.25, 0.3) is 5.70 Å². The van der Waals surface area contributed by atoms with Crippen molar-refractivity contribution in [3.05, 3.63) is 90.0 Å². The third-order valence-corrected chi connectivity index (χ3v) is 4.48. The molecule has 0 saturated heterocycles. The topological polar surface area (TPSA) is 24.9 Å². The quantitative estimate of drug-likeness (QED) is 0.558. The van der Waals surface area contributed by atoms with Crippen LogP contribution in [0.1, 0.15) is 38.4 Å². The van der Waals surface area contributed by atoms with Gasteiger partial charge in [-0.05, 0) is 69.0 Å². The first-order valence-corrected chi connectivity index (χ1v) is 8.96. The van der Waals surface area contributed by atoms with Gasteiger partial charge in [-0.3, -0.25) is 4.98 Å². The number of benzene rings is 1. The van der Waals surface area contributed by atoms with E-state index < -0.39 is 0 Å². The Morgan fingerprint density at radius 2 is 1.96 bits per heavy atom. The molecule has 0 aliphatic rings. The first kappa shape index (κ1) is 19.6. The molecule has 1 N–H and O–H groups in total. The molecule has 0 radical (unpaired) electrons. The molecule has 1 aromatic heterocycles. The Morgan fingerprint density at radius 1 is 1.23 bits per heavy atom. The highest BCUT2D eigenvalue weighted by molar-refractivity contribution is 5.74. The summed E-state index contributed by atoms with van der Waals surface area (Å²) in [5.41, 5.74) is 4.94. The molecule has 0 aliphatic heterocycles. The molecule has 0 bridgehead atoms. The Bertz CT molecular complexity index is 771. The second-order valence-electron chi connectivity index (χ2n) is 6.52. The lowest BCUT2D eigenvalue weighted by molar-refractivity contribution is 0.607. The number of aromatic nitrogens is 1. The van der Waals surface area contributed by atoms with Crippen LogP contribution in [-0.2, 0) is 6.42 Å². The number of hydrogen-bond donors (Lipinski definition) is 1. The molecular weight excluding hydrogens is 323 g/mol. The van der Waals surface area contributed by atoms with Gasteiger partial charge in [0.05, 0.1) is 0 Å². The van der Waals surface area contributed by atoms with E-state index in [1.165, 1.54) is 17.7 Å². The van der Waals surface area contributed by atoms with Crippen LogP contribution >= 0.6 is 0 Å². The molecule has 1 atom stereocenters. The van der Waals surface area contributed by atoms with Gasteiger partial charge in [-0.2, -0.15) is 0 Å². The maximum absolute atomic E-state index is 13.0. The highest BCUT2D eigenvalue weighted by atomic mass is 19.1. The molecule has 26 heavy (non-hydrogen) atoms. The summed E-state index contributed by atoms with van der Waals surface area (Å²) in [6.45, 7) is 10.5. The molecule has 1 unspecified atom stereocenters. The van der Waals surface area contributed by atoms with E-state index >= 15 is 0 Å². The summed E-state index contributed by atoms with van der Waals surface area (Å²) in [6.07, 6.45) is 10.1. The normalized spacial score (nSPS) is 13.0. The molecule has 2 aromatic rings. The summed E-state index contributed by atoms with van der Waals surface area (Å²) in [4.78, 5) is 4.55. The van der Waals surface area contributed by atoms with Gasteiger partial charge in [-0.25, -0.2) is 4.39 Å². The van der Waals surface area contributed by atoms with Crippen LogP contribution in [0.15, 0.2) is 73.0 Å². The van der Waals surface area contributed by atoms with Gasteiger partial charge in [0.1, 0.15) is 5.82 Å². The minimum Gasteiger partial charge on any atom is -0.355 e. The van der Waals surface area contributed by atoms with Crippen LogP contribution in [0.5, 0.6) is 0 Å². The van der Waals surface area contributed by atoms with Crippen molar-refractivity contribution in [1.29, 1.82) is 0 Å². The van der Waals surface area contributed by atoms with E-state index in [1.807, 2.05) is 31.3 Å². The Kier molecular flexibility index (Phi) is 7.34. The maximum Gasteiger partial charge on any atom is 0.123 e. The molecule has 0 amide bonds. The summed E-state index contributed by atoms with van der Waals surface area (Å²) < 4.78 is 13.0. The van der Waals surface area contributed by atoms with E-state index in [2.05, 4.69) is 42.9 Å². The zero-order chi connectivity index (χ0) is 18.9.